The summed E-state index contributed by atoms with van der Waals surface area (Å²) in [7, 11) is 1.84. The van der Waals surface area contributed by atoms with Crippen LogP contribution >= 0.6 is 0 Å². The quantitative estimate of drug-likeness (QED) is 0.893. The Bertz CT molecular complexity index is 523. The van der Waals surface area contributed by atoms with Gasteiger partial charge in [-0.2, -0.15) is 0 Å². The van der Waals surface area contributed by atoms with Crippen LogP contribution in [-0.4, -0.2) is 31.2 Å². The highest BCUT2D eigenvalue weighted by atomic mass is 16.3. The Labute approximate surface area is 126 Å². The summed E-state index contributed by atoms with van der Waals surface area (Å²) < 4.78 is 0. The van der Waals surface area contributed by atoms with Crippen molar-refractivity contribution >= 4 is 11.6 Å². The van der Waals surface area contributed by atoms with Crippen LogP contribution in [0.15, 0.2) is 24.3 Å². The number of para-hydroxylation sites is 1. The van der Waals surface area contributed by atoms with Gasteiger partial charge in [-0.05, 0) is 24.5 Å². The summed E-state index contributed by atoms with van der Waals surface area (Å²) >= 11 is 0. The van der Waals surface area contributed by atoms with Crippen LogP contribution in [0.2, 0.25) is 0 Å². The molecule has 2 aliphatic rings. The topological polar surface area (TPSA) is 52.6 Å². The van der Waals surface area contributed by atoms with E-state index in [1.807, 2.05) is 25.2 Å². The summed E-state index contributed by atoms with van der Waals surface area (Å²) in [6.07, 6.45) is 5.06. The average molecular weight is 288 g/mol. The normalized spacial score (nSPS) is 24.2. The molecular weight excluding hydrogens is 264 g/mol. The molecule has 1 aliphatic carbocycles. The van der Waals surface area contributed by atoms with Gasteiger partial charge in [0.1, 0.15) is 0 Å². The number of carbonyl (C=O) groups excluding carboxylic acids is 1. The van der Waals surface area contributed by atoms with Gasteiger partial charge in [0.2, 0.25) is 5.91 Å². The van der Waals surface area contributed by atoms with Crippen molar-refractivity contribution in [1.82, 2.24) is 5.32 Å². The van der Waals surface area contributed by atoms with Crippen molar-refractivity contribution < 1.29 is 9.90 Å². The van der Waals surface area contributed by atoms with Crippen LogP contribution < -0.4 is 10.2 Å². The molecular formula is C17H24N2O2. The summed E-state index contributed by atoms with van der Waals surface area (Å²) in [5, 5.41) is 13.3. The first-order valence-electron chi connectivity index (χ1n) is 7.85. The fourth-order valence-corrected chi connectivity index (χ4v) is 3.68. The van der Waals surface area contributed by atoms with Gasteiger partial charge in [-0.3, -0.25) is 4.79 Å². The van der Waals surface area contributed by atoms with E-state index in [2.05, 4.69) is 11.4 Å². The maximum absolute atomic E-state index is 12.1. The molecule has 21 heavy (non-hydrogen) atoms. The van der Waals surface area contributed by atoms with E-state index in [4.69, 9.17) is 0 Å². The number of nitrogens with zero attached hydrogens (tertiary/aromatic N) is 1. The van der Waals surface area contributed by atoms with Crippen molar-refractivity contribution in [2.75, 3.05) is 25.1 Å². The van der Waals surface area contributed by atoms with Crippen molar-refractivity contribution in [3.63, 3.8) is 0 Å². The Morgan fingerprint density at radius 1 is 1.33 bits per heavy atom. The van der Waals surface area contributed by atoms with Crippen LogP contribution in [-0.2, 0) is 4.79 Å². The predicted octanol–water partition coefficient (Wildman–Crippen LogP) is 2.24. The molecule has 2 N–H and O–H groups in total. The van der Waals surface area contributed by atoms with Crippen LogP contribution in [0.25, 0.3) is 0 Å². The first-order valence-corrected chi connectivity index (χ1v) is 7.85. The molecule has 4 heteroatoms. The van der Waals surface area contributed by atoms with Gasteiger partial charge < -0.3 is 15.3 Å². The van der Waals surface area contributed by atoms with Gasteiger partial charge >= 0.3 is 0 Å². The van der Waals surface area contributed by atoms with E-state index in [1.165, 1.54) is 18.4 Å². The number of aliphatic hydroxyl groups is 1. The van der Waals surface area contributed by atoms with E-state index in [0.717, 1.165) is 25.1 Å². The van der Waals surface area contributed by atoms with Crippen LogP contribution in [0.4, 0.5) is 5.69 Å². The monoisotopic (exact) mass is 288 g/mol. The second kappa shape index (κ2) is 5.78. The van der Waals surface area contributed by atoms with E-state index in [-0.39, 0.29) is 24.0 Å². The molecule has 4 nitrogen and oxygen atoms in total. The lowest BCUT2D eigenvalue weighted by Crippen LogP contribution is -2.42. The molecule has 1 atom stereocenters. The molecule has 1 aliphatic heterocycles. The minimum atomic E-state index is 0.0152. The van der Waals surface area contributed by atoms with Gasteiger partial charge in [0.15, 0.2) is 0 Å². The minimum absolute atomic E-state index is 0.0152. The van der Waals surface area contributed by atoms with Crippen LogP contribution in [0.5, 0.6) is 0 Å². The molecule has 0 radical (unpaired) electrons. The molecule has 1 aromatic rings. The van der Waals surface area contributed by atoms with E-state index in [1.54, 1.807) is 4.90 Å². The SMILES string of the molecule is CN1C(=O)CC(NCC2(CO)CCCC2)c2ccccc21. The van der Waals surface area contributed by atoms with Crippen molar-refractivity contribution in [3.8, 4) is 0 Å². The zero-order chi connectivity index (χ0) is 14.9. The third-order valence-electron chi connectivity index (χ3n) is 5.15. The number of aliphatic hydroxyl groups excluding tert-OH is 1. The van der Waals surface area contributed by atoms with E-state index >= 15 is 0 Å². The van der Waals surface area contributed by atoms with Crippen molar-refractivity contribution in [1.29, 1.82) is 0 Å². The first-order chi connectivity index (χ1) is 10.2. The highest BCUT2D eigenvalue weighted by Gasteiger charge is 2.35. The summed E-state index contributed by atoms with van der Waals surface area (Å²) in [5.74, 6) is 0.149. The van der Waals surface area contributed by atoms with Crippen molar-refractivity contribution in [2.45, 2.75) is 38.1 Å². The van der Waals surface area contributed by atoms with Crippen molar-refractivity contribution in [3.05, 3.63) is 29.8 Å². The molecule has 0 bridgehead atoms. The Balaban J connectivity index is 1.77. The smallest absolute Gasteiger partial charge is 0.228 e. The lowest BCUT2D eigenvalue weighted by Gasteiger charge is -2.35. The molecule has 0 spiro atoms. The first kappa shape index (κ1) is 14.5. The molecule has 1 amide bonds. The Morgan fingerprint density at radius 3 is 2.76 bits per heavy atom. The second-order valence-corrected chi connectivity index (χ2v) is 6.51. The fraction of sp³-hybridized carbons (Fsp3) is 0.588. The van der Waals surface area contributed by atoms with Crippen LogP contribution in [0.1, 0.15) is 43.7 Å². The summed E-state index contributed by atoms with van der Waals surface area (Å²) in [4.78, 5) is 13.9. The number of carbonyl (C=O) groups is 1. The van der Waals surface area contributed by atoms with E-state index in [9.17, 15) is 9.90 Å². The number of hydrogen-bond acceptors (Lipinski definition) is 3. The number of anilines is 1. The molecule has 114 valence electrons. The molecule has 1 fully saturated rings. The lowest BCUT2D eigenvalue weighted by molar-refractivity contribution is -0.119. The maximum atomic E-state index is 12.1. The van der Waals surface area contributed by atoms with Crippen LogP contribution in [0, 0.1) is 5.41 Å². The number of nitrogens with one attached hydrogen (secondary N) is 1. The number of fused-ring (bicyclic) bond motifs is 1. The van der Waals surface area contributed by atoms with Gasteiger partial charge in [0.25, 0.3) is 0 Å². The largest absolute Gasteiger partial charge is 0.396 e. The number of amides is 1. The summed E-state index contributed by atoms with van der Waals surface area (Å²) in [5.41, 5.74) is 2.20. The van der Waals surface area contributed by atoms with Gasteiger partial charge in [0.05, 0.1) is 0 Å². The van der Waals surface area contributed by atoms with Gasteiger partial charge in [0, 0.05) is 43.8 Å². The number of rotatable bonds is 4. The molecule has 0 aromatic heterocycles. The number of hydrogen-bond donors (Lipinski definition) is 2. The van der Waals surface area contributed by atoms with Crippen molar-refractivity contribution in [2.24, 2.45) is 5.41 Å². The average Bonchev–Trinajstić information content (AvgIpc) is 2.99. The molecule has 1 saturated carbocycles. The maximum Gasteiger partial charge on any atom is 0.228 e. The second-order valence-electron chi connectivity index (χ2n) is 6.51. The fourth-order valence-electron chi connectivity index (χ4n) is 3.68. The third kappa shape index (κ3) is 2.70. The number of benzene rings is 1. The third-order valence-corrected chi connectivity index (χ3v) is 5.15. The molecule has 3 rings (SSSR count). The highest BCUT2D eigenvalue weighted by Crippen LogP contribution is 2.39. The van der Waals surface area contributed by atoms with Gasteiger partial charge in [-0.25, -0.2) is 0 Å². The molecule has 1 heterocycles. The Morgan fingerprint density at radius 2 is 2.05 bits per heavy atom. The lowest BCUT2D eigenvalue weighted by atomic mass is 9.86. The summed E-state index contributed by atoms with van der Waals surface area (Å²) in [6.45, 7) is 1.03. The minimum Gasteiger partial charge on any atom is -0.396 e. The Kier molecular flexibility index (Phi) is 4.00. The molecule has 0 saturated heterocycles. The van der Waals surface area contributed by atoms with Gasteiger partial charge in [-0.15, -0.1) is 0 Å². The van der Waals surface area contributed by atoms with E-state index < -0.39 is 0 Å². The highest BCUT2D eigenvalue weighted by molar-refractivity contribution is 5.96. The predicted molar refractivity (Wildman–Crippen MR) is 83.2 cm³/mol. The zero-order valence-corrected chi connectivity index (χ0v) is 12.6. The van der Waals surface area contributed by atoms with Crippen LogP contribution in [0.3, 0.4) is 0 Å². The molecule has 1 aromatic carbocycles. The standard InChI is InChI=1S/C17H24N2O2/c1-19-15-7-3-2-6-13(15)14(10-16(19)21)18-11-17(12-20)8-4-5-9-17/h2-3,6-7,14,18,20H,4-5,8-12H2,1H3. The Hall–Kier alpha value is -1.39. The zero-order valence-electron chi connectivity index (χ0n) is 12.6. The summed E-state index contributed by atoms with van der Waals surface area (Å²) in [6, 6.07) is 8.15. The molecule has 1 unspecified atom stereocenters. The van der Waals surface area contributed by atoms with Gasteiger partial charge in [-0.1, -0.05) is 31.0 Å². The van der Waals surface area contributed by atoms with E-state index in [0.29, 0.717) is 6.42 Å².